The lowest BCUT2D eigenvalue weighted by atomic mass is 10.1. The number of carbonyl (C=O) groups excluding carboxylic acids is 1. The molecule has 2 amide bonds. The normalized spacial score (nSPS) is 12.3. The van der Waals surface area contributed by atoms with Gasteiger partial charge in [-0.3, -0.25) is 0 Å². The molecular weight excluding hydrogens is 383 g/mol. The predicted octanol–water partition coefficient (Wildman–Crippen LogP) is 3.58. The molecular formula is C17H18ClFN2O4S. The number of amides is 2. The van der Waals surface area contributed by atoms with Crippen molar-refractivity contribution in [1.82, 2.24) is 9.62 Å². The van der Waals surface area contributed by atoms with E-state index in [4.69, 9.17) is 16.3 Å². The lowest BCUT2D eigenvalue weighted by Gasteiger charge is -2.22. The second-order valence-corrected chi connectivity index (χ2v) is 7.89. The zero-order valence-corrected chi connectivity index (χ0v) is 15.9. The number of ether oxygens (including phenoxy) is 1. The maximum absolute atomic E-state index is 13.5. The van der Waals surface area contributed by atoms with Gasteiger partial charge in [0.15, 0.2) is 0 Å². The molecule has 0 aliphatic heterocycles. The number of carbonyl (C=O) groups is 1. The van der Waals surface area contributed by atoms with Gasteiger partial charge in [-0.1, -0.05) is 11.6 Å². The molecule has 1 N–H and O–H groups in total. The second kappa shape index (κ2) is 7.92. The summed E-state index contributed by atoms with van der Waals surface area (Å²) >= 11 is 5.75. The molecule has 0 bridgehead atoms. The smallest absolute Gasteiger partial charge is 0.331 e. The molecule has 9 heteroatoms. The summed E-state index contributed by atoms with van der Waals surface area (Å²) in [5, 5.41) is 2.90. The predicted molar refractivity (Wildman–Crippen MR) is 96.3 cm³/mol. The van der Waals surface area contributed by atoms with Crippen molar-refractivity contribution in [3.05, 3.63) is 58.9 Å². The number of halogens is 2. The lowest BCUT2D eigenvalue weighted by Crippen LogP contribution is -2.42. The first kappa shape index (κ1) is 20.0. The number of benzene rings is 2. The summed E-state index contributed by atoms with van der Waals surface area (Å²) in [7, 11) is -1.50. The number of urea groups is 1. The summed E-state index contributed by atoms with van der Waals surface area (Å²) < 4.78 is 44.3. The number of nitrogens with one attached hydrogen (secondary N) is 1. The Balaban J connectivity index is 2.21. The zero-order chi connectivity index (χ0) is 19.5. The maximum atomic E-state index is 13.5. The Bertz CT molecular complexity index is 903. The fourth-order valence-corrected chi connectivity index (χ4v) is 3.46. The molecule has 0 aliphatic carbocycles. The molecule has 26 heavy (non-hydrogen) atoms. The van der Waals surface area contributed by atoms with E-state index in [1.165, 1.54) is 49.6 Å². The van der Waals surface area contributed by atoms with Gasteiger partial charge in [-0.2, -0.15) is 0 Å². The summed E-state index contributed by atoms with van der Waals surface area (Å²) in [6, 6.07) is 7.78. The Morgan fingerprint density at radius 3 is 2.42 bits per heavy atom. The maximum Gasteiger partial charge on any atom is 0.331 e. The first-order valence-electron chi connectivity index (χ1n) is 7.55. The van der Waals surface area contributed by atoms with E-state index in [2.05, 4.69) is 5.32 Å². The minimum Gasteiger partial charge on any atom is -0.496 e. The van der Waals surface area contributed by atoms with E-state index in [9.17, 15) is 17.6 Å². The van der Waals surface area contributed by atoms with Crippen LogP contribution in [0, 0.1) is 5.82 Å². The van der Waals surface area contributed by atoms with E-state index in [1.807, 2.05) is 0 Å². The van der Waals surface area contributed by atoms with Gasteiger partial charge < -0.3 is 10.1 Å². The molecule has 0 fully saturated rings. The van der Waals surface area contributed by atoms with Gasteiger partial charge in [0, 0.05) is 17.6 Å². The Labute approximate surface area is 156 Å². The summed E-state index contributed by atoms with van der Waals surface area (Å²) in [4.78, 5) is 12.3. The number of hydrogen-bond donors (Lipinski definition) is 1. The van der Waals surface area contributed by atoms with Gasteiger partial charge in [0.05, 0.1) is 18.0 Å². The fraction of sp³-hybridized carbons (Fsp3) is 0.235. The number of sulfonamides is 1. The van der Waals surface area contributed by atoms with Crippen LogP contribution in [0.3, 0.4) is 0 Å². The van der Waals surface area contributed by atoms with Gasteiger partial charge in [-0.15, -0.1) is 0 Å². The van der Waals surface area contributed by atoms with Crippen molar-refractivity contribution < 1.29 is 22.3 Å². The van der Waals surface area contributed by atoms with E-state index in [-0.39, 0.29) is 4.90 Å². The molecule has 2 aromatic rings. The third-order valence-corrected chi connectivity index (χ3v) is 5.76. The van der Waals surface area contributed by atoms with Gasteiger partial charge in [-0.25, -0.2) is 21.9 Å². The van der Waals surface area contributed by atoms with Crippen LogP contribution in [-0.4, -0.2) is 32.9 Å². The van der Waals surface area contributed by atoms with Crippen LogP contribution in [0.2, 0.25) is 5.02 Å². The highest BCUT2D eigenvalue weighted by atomic mass is 35.5. The highest BCUT2D eigenvalue weighted by molar-refractivity contribution is 7.89. The van der Waals surface area contributed by atoms with E-state index in [1.54, 1.807) is 6.92 Å². The Kier molecular flexibility index (Phi) is 6.09. The van der Waals surface area contributed by atoms with E-state index >= 15 is 0 Å². The number of rotatable bonds is 5. The lowest BCUT2D eigenvalue weighted by molar-refractivity contribution is 0.225. The van der Waals surface area contributed by atoms with Gasteiger partial charge in [0.25, 0.3) is 10.0 Å². The van der Waals surface area contributed by atoms with Crippen molar-refractivity contribution in [3.63, 3.8) is 0 Å². The summed E-state index contributed by atoms with van der Waals surface area (Å²) in [5.74, 6) is -0.119. The third kappa shape index (κ3) is 4.25. The molecule has 0 saturated carbocycles. The van der Waals surface area contributed by atoms with Crippen molar-refractivity contribution in [3.8, 4) is 5.75 Å². The van der Waals surface area contributed by atoms with Crippen LogP contribution in [0.25, 0.3) is 0 Å². The van der Waals surface area contributed by atoms with E-state index in [0.29, 0.717) is 20.6 Å². The third-order valence-electron chi connectivity index (χ3n) is 3.76. The van der Waals surface area contributed by atoms with Gasteiger partial charge in [-0.05, 0) is 49.4 Å². The van der Waals surface area contributed by atoms with Crippen LogP contribution >= 0.6 is 11.6 Å². The molecule has 6 nitrogen and oxygen atoms in total. The number of nitrogens with zero attached hydrogens (tertiary/aromatic N) is 1. The summed E-state index contributed by atoms with van der Waals surface area (Å²) in [6.45, 7) is 1.60. The zero-order valence-electron chi connectivity index (χ0n) is 14.4. The Hall–Kier alpha value is -2.32. The Morgan fingerprint density at radius 1 is 1.23 bits per heavy atom. The van der Waals surface area contributed by atoms with Crippen LogP contribution in [0.15, 0.2) is 47.4 Å². The molecule has 0 aliphatic rings. The van der Waals surface area contributed by atoms with Crippen LogP contribution in [-0.2, 0) is 10.0 Å². The summed E-state index contributed by atoms with van der Waals surface area (Å²) in [5.41, 5.74) is 0.387. The average molecular weight is 401 g/mol. The molecule has 1 unspecified atom stereocenters. The van der Waals surface area contributed by atoms with Crippen molar-refractivity contribution in [2.75, 3.05) is 14.2 Å². The van der Waals surface area contributed by atoms with E-state index < -0.39 is 27.9 Å². The van der Waals surface area contributed by atoms with Crippen molar-refractivity contribution in [2.24, 2.45) is 0 Å². The molecule has 140 valence electrons. The molecule has 0 saturated heterocycles. The van der Waals surface area contributed by atoms with Gasteiger partial charge in [0.2, 0.25) is 0 Å². The quantitative estimate of drug-likeness (QED) is 0.832. The topological polar surface area (TPSA) is 75.7 Å². The highest BCUT2D eigenvalue weighted by Gasteiger charge is 2.27. The minimum atomic E-state index is -4.05. The summed E-state index contributed by atoms with van der Waals surface area (Å²) in [6.07, 6.45) is 0. The van der Waals surface area contributed by atoms with Crippen molar-refractivity contribution in [2.45, 2.75) is 17.9 Å². The monoisotopic (exact) mass is 400 g/mol. The molecule has 2 aromatic carbocycles. The largest absolute Gasteiger partial charge is 0.496 e. The van der Waals surface area contributed by atoms with Crippen LogP contribution in [0.5, 0.6) is 5.75 Å². The SMILES string of the molecule is COc1ccc(F)cc1C(C)NC(=O)N(C)S(=O)(=O)c1ccc(Cl)cc1. The highest BCUT2D eigenvalue weighted by Crippen LogP contribution is 2.26. The average Bonchev–Trinajstić information content (AvgIpc) is 2.61. The van der Waals surface area contributed by atoms with Crippen molar-refractivity contribution >= 4 is 27.7 Å². The minimum absolute atomic E-state index is 0.0736. The van der Waals surface area contributed by atoms with Gasteiger partial charge in [0.1, 0.15) is 11.6 Å². The molecule has 0 spiro atoms. The second-order valence-electron chi connectivity index (χ2n) is 5.48. The first-order chi connectivity index (χ1) is 12.2. The standard InChI is InChI=1S/C17H18ClFN2O4S/c1-11(15-10-13(19)6-9-16(15)25-3)20-17(22)21(2)26(23,24)14-7-4-12(18)5-8-14/h4-11H,1-3H3,(H,20,22). The number of methoxy groups -OCH3 is 1. The van der Waals surface area contributed by atoms with Crippen LogP contribution in [0.1, 0.15) is 18.5 Å². The van der Waals surface area contributed by atoms with Crippen molar-refractivity contribution in [1.29, 1.82) is 0 Å². The molecule has 0 heterocycles. The first-order valence-corrected chi connectivity index (χ1v) is 9.37. The molecule has 2 rings (SSSR count). The number of hydrogen-bond acceptors (Lipinski definition) is 4. The van der Waals surface area contributed by atoms with Crippen LogP contribution in [0.4, 0.5) is 9.18 Å². The Morgan fingerprint density at radius 2 is 1.85 bits per heavy atom. The molecule has 0 aromatic heterocycles. The molecule has 1 atom stereocenters. The van der Waals surface area contributed by atoms with Crippen LogP contribution < -0.4 is 10.1 Å². The van der Waals surface area contributed by atoms with E-state index in [0.717, 1.165) is 7.05 Å². The van der Waals surface area contributed by atoms with Gasteiger partial charge >= 0.3 is 6.03 Å². The fourth-order valence-electron chi connectivity index (χ4n) is 2.27. The molecule has 0 radical (unpaired) electrons.